The van der Waals surface area contributed by atoms with Crippen LogP contribution in [0.2, 0.25) is 5.02 Å². The maximum Gasteiger partial charge on any atom is 0.323 e. The molecule has 0 aromatic heterocycles. The highest BCUT2D eigenvalue weighted by Crippen LogP contribution is 2.39. The SMILES string of the molecule is O=C(Nc1ccc(Cl)cc1)N1CCS[C@@H]1c1ccccc1F. The Bertz CT molecular complexity index is 680. The van der Waals surface area contributed by atoms with Gasteiger partial charge in [0.1, 0.15) is 11.2 Å². The van der Waals surface area contributed by atoms with Crippen molar-refractivity contribution < 1.29 is 9.18 Å². The summed E-state index contributed by atoms with van der Waals surface area (Å²) in [6.07, 6.45) is 0. The van der Waals surface area contributed by atoms with Crippen LogP contribution in [0, 0.1) is 5.82 Å². The summed E-state index contributed by atoms with van der Waals surface area (Å²) in [5, 5.41) is 3.14. The van der Waals surface area contributed by atoms with Crippen LogP contribution in [0.3, 0.4) is 0 Å². The molecule has 1 aliphatic rings. The van der Waals surface area contributed by atoms with Gasteiger partial charge in [0.15, 0.2) is 0 Å². The molecule has 1 saturated heterocycles. The number of rotatable bonds is 2. The van der Waals surface area contributed by atoms with Crippen LogP contribution in [0.1, 0.15) is 10.9 Å². The number of urea groups is 1. The molecule has 0 saturated carbocycles. The molecule has 1 N–H and O–H groups in total. The van der Waals surface area contributed by atoms with Gasteiger partial charge in [0.25, 0.3) is 0 Å². The minimum absolute atomic E-state index is 0.236. The number of anilines is 1. The molecule has 2 amide bonds. The molecule has 3 nitrogen and oxygen atoms in total. The Hall–Kier alpha value is -1.72. The normalized spacial score (nSPS) is 17.5. The minimum atomic E-state index is -0.298. The summed E-state index contributed by atoms with van der Waals surface area (Å²) in [5.74, 6) is 0.499. The van der Waals surface area contributed by atoms with Crippen LogP contribution in [0.15, 0.2) is 48.5 Å². The van der Waals surface area contributed by atoms with Gasteiger partial charge in [-0.1, -0.05) is 29.8 Å². The highest BCUT2D eigenvalue weighted by Gasteiger charge is 2.32. The molecule has 1 atom stereocenters. The van der Waals surface area contributed by atoms with Gasteiger partial charge in [-0.2, -0.15) is 0 Å². The molecular formula is C16H14ClFN2OS. The van der Waals surface area contributed by atoms with Gasteiger partial charge in [-0.3, -0.25) is 0 Å². The van der Waals surface area contributed by atoms with Crippen molar-refractivity contribution in [2.45, 2.75) is 5.37 Å². The Morgan fingerprint density at radius 1 is 1.23 bits per heavy atom. The molecule has 0 spiro atoms. The minimum Gasteiger partial charge on any atom is -0.308 e. The maximum absolute atomic E-state index is 14.0. The second kappa shape index (κ2) is 6.58. The fourth-order valence-electron chi connectivity index (χ4n) is 2.34. The van der Waals surface area contributed by atoms with E-state index in [0.717, 1.165) is 5.75 Å². The smallest absolute Gasteiger partial charge is 0.308 e. The second-order valence-corrected chi connectivity index (χ2v) is 6.50. The Kier molecular flexibility index (Phi) is 4.55. The monoisotopic (exact) mass is 336 g/mol. The molecule has 0 aliphatic carbocycles. The third-order valence-electron chi connectivity index (χ3n) is 3.42. The highest BCUT2D eigenvalue weighted by atomic mass is 35.5. The number of carbonyl (C=O) groups is 1. The largest absolute Gasteiger partial charge is 0.323 e. The molecule has 1 fully saturated rings. The van der Waals surface area contributed by atoms with E-state index in [9.17, 15) is 9.18 Å². The zero-order chi connectivity index (χ0) is 15.5. The van der Waals surface area contributed by atoms with Gasteiger partial charge in [-0.25, -0.2) is 9.18 Å². The van der Waals surface area contributed by atoms with Crippen LogP contribution in [0.5, 0.6) is 0 Å². The van der Waals surface area contributed by atoms with Gasteiger partial charge in [0, 0.05) is 28.6 Å². The van der Waals surface area contributed by atoms with E-state index in [1.54, 1.807) is 59.1 Å². The van der Waals surface area contributed by atoms with Crippen molar-refractivity contribution in [1.29, 1.82) is 0 Å². The molecule has 0 unspecified atom stereocenters. The van der Waals surface area contributed by atoms with Crippen LogP contribution >= 0.6 is 23.4 Å². The molecule has 0 bridgehead atoms. The quantitative estimate of drug-likeness (QED) is 0.857. The summed E-state index contributed by atoms with van der Waals surface area (Å²) in [6, 6.07) is 13.2. The van der Waals surface area contributed by atoms with Gasteiger partial charge in [-0.15, -0.1) is 11.8 Å². The molecule has 2 aromatic carbocycles. The molecule has 1 aliphatic heterocycles. The number of thioether (sulfide) groups is 1. The second-order valence-electron chi connectivity index (χ2n) is 4.88. The van der Waals surface area contributed by atoms with Crippen molar-refractivity contribution in [3.05, 3.63) is 64.9 Å². The fraction of sp³-hybridized carbons (Fsp3) is 0.188. The first-order valence-corrected chi connectivity index (χ1v) is 8.27. The molecule has 6 heteroatoms. The average Bonchev–Trinajstić information content (AvgIpc) is 2.99. The lowest BCUT2D eigenvalue weighted by Gasteiger charge is -2.24. The van der Waals surface area contributed by atoms with E-state index in [4.69, 9.17) is 11.6 Å². The summed E-state index contributed by atoms with van der Waals surface area (Å²) >= 11 is 7.39. The van der Waals surface area contributed by atoms with Gasteiger partial charge in [0.2, 0.25) is 0 Å². The number of hydrogen-bond acceptors (Lipinski definition) is 2. The van der Waals surface area contributed by atoms with E-state index in [0.29, 0.717) is 22.8 Å². The van der Waals surface area contributed by atoms with Crippen LogP contribution in [-0.2, 0) is 0 Å². The van der Waals surface area contributed by atoms with Crippen molar-refractivity contribution in [3.8, 4) is 0 Å². The topological polar surface area (TPSA) is 32.3 Å². The molecule has 3 rings (SSSR count). The van der Waals surface area contributed by atoms with Crippen LogP contribution in [0.25, 0.3) is 0 Å². The Labute approximate surface area is 137 Å². The molecule has 2 aromatic rings. The van der Waals surface area contributed by atoms with E-state index in [1.807, 2.05) is 0 Å². The van der Waals surface area contributed by atoms with E-state index in [1.165, 1.54) is 6.07 Å². The molecule has 114 valence electrons. The number of benzene rings is 2. The molecular weight excluding hydrogens is 323 g/mol. The van der Waals surface area contributed by atoms with Crippen molar-refractivity contribution in [2.24, 2.45) is 0 Å². The maximum atomic E-state index is 14.0. The zero-order valence-corrected chi connectivity index (χ0v) is 13.2. The summed E-state index contributed by atoms with van der Waals surface area (Å²) in [5.41, 5.74) is 1.20. The molecule has 1 heterocycles. The summed E-state index contributed by atoms with van der Waals surface area (Å²) in [7, 11) is 0. The fourth-order valence-corrected chi connectivity index (χ4v) is 3.74. The third-order valence-corrected chi connectivity index (χ3v) is 4.91. The van der Waals surface area contributed by atoms with Crippen molar-refractivity contribution >= 4 is 35.1 Å². The molecule has 22 heavy (non-hydrogen) atoms. The Morgan fingerprint density at radius 3 is 2.68 bits per heavy atom. The lowest BCUT2D eigenvalue weighted by Crippen LogP contribution is -2.34. The first-order chi connectivity index (χ1) is 10.6. The standard InChI is InChI=1S/C16H14ClFN2OS/c17-11-5-7-12(8-6-11)19-16(21)20-9-10-22-15(20)13-3-1-2-4-14(13)18/h1-8,15H,9-10H2,(H,19,21)/t15-/m1/s1. The highest BCUT2D eigenvalue weighted by molar-refractivity contribution is 7.99. The first kappa shape index (κ1) is 15.2. The van der Waals surface area contributed by atoms with Gasteiger partial charge < -0.3 is 10.2 Å². The lowest BCUT2D eigenvalue weighted by atomic mass is 10.2. The number of nitrogens with zero attached hydrogens (tertiary/aromatic N) is 1. The summed E-state index contributed by atoms with van der Waals surface area (Å²) in [4.78, 5) is 14.1. The molecule has 0 radical (unpaired) electrons. The predicted molar refractivity (Wildman–Crippen MR) is 88.8 cm³/mol. The number of halogens is 2. The number of amides is 2. The number of hydrogen-bond donors (Lipinski definition) is 1. The predicted octanol–water partition coefficient (Wildman–Crippen LogP) is 4.76. The Balaban J connectivity index is 1.76. The third kappa shape index (κ3) is 3.20. The average molecular weight is 337 g/mol. The summed E-state index contributed by atoms with van der Waals surface area (Å²) < 4.78 is 14.0. The van der Waals surface area contributed by atoms with Crippen LogP contribution in [0.4, 0.5) is 14.9 Å². The Morgan fingerprint density at radius 2 is 1.95 bits per heavy atom. The number of carbonyl (C=O) groups excluding carboxylic acids is 1. The van der Waals surface area contributed by atoms with Gasteiger partial charge >= 0.3 is 6.03 Å². The van der Waals surface area contributed by atoms with Gasteiger partial charge in [-0.05, 0) is 30.3 Å². The van der Waals surface area contributed by atoms with E-state index >= 15 is 0 Å². The number of nitrogens with one attached hydrogen (secondary N) is 1. The summed E-state index contributed by atoms with van der Waals surface area (Å²) in [6.45, 7) is 0.586. The van der Waals surface area contributed by atoms with E-state index in [-0.39, 0.29) is 17.2 Å². The zero-order valence-electron chi connectivity index (χ0n) is 11.6. The van der Waals surface area contributed by atoms with Gasteiger partial charge in [0.05, 0.1) is 0 Å². The van der Waals surface area contributed by atoms with Crippen molar-refractivity contribution in [3.63, 3.8) is 0 Å². The van der Waals surface area contributed by atoms with Crippen LogP contribution in [-0.4, -0.2) is 23.2 Å². The van der Waals surface area contributed by atoms with E-state index in [2.05, 4.69) is 5.32 Å². The van der Waals surface area contributed by atoms with Crippen molar-refractivity contribution in [1.82, 2.24) is 4.90 Å². The van der Waals surface area contributed by atoms with Crippen LogP contribution < -0.4 is 5.32 Å². The van der Waals surface area contributed by atoms with Crippen molar-refractivity contribution in [2.75, 3.05) is 17.6 Å². The van der Waals surface area contributed by atoms with E-state index < -0.39 is 0 Å². The first-order valence-electron chi connectivity index (χ1n) is 6.84. The lowest BCUT2D eigenvalue weighted by molar-refractivity contribution is 0.213.